The molecule has 2 aromatic heterocycles. The Morgan fingerprint density at radius 2 is 2.10 bits per heavy atom. The molecule has 2 heterocycles. The molecule has 0 atom stereocenters. The van der Waals surface area contributed by atoms with Gasteiger partial charge in [0.15, 0.2) is 0 Å². The molecule has 2 aromatic rings. The van der Waals surface area contributed by atoms with Crippen LogP contribution in [0, 0.1) is 0 Å². The fraction of sp³-hybridized carbons (Fsp3) is 0.231. The van der Waals surface area contributed by atoms with E-state index in [1.165, 1.54) is 6.08 Å². The predicted molar refractivity (Wildman–Crippen MR) is 74.0 cm³/mol. The van der Waals surface area contributed by atoms with E-state index in [2.05, 4.69) is 15.0 Å². The van der Waals surface area contributed by atoms with Gasteiger partial charge in [-0.25, -0.2) is 19.7 Å². The number of nitrogens with zero attached hydrogens (tertiary/aromatic N) is 5. The monoisotopic (exact) mass is 273 g/mol. The first-order chi connectivity index (χ1) is 9.56. The lowest BCUT2D eigenvalue weighted by Crippen LogP contribution is -2.21. The third-order valence-electron chi connectivity index (χ3n) is 2.72. The SMILES string of the molecule is CN(Cc1nccn1C)c1ncc(/C=C/C(=O)O)cn1. The Morgan fingerprint density at radius 1 is 1.40 bits per heavy atom. The maximum Gasteiger partial charge on any atom is 0.328 e. The molecular formula is C13H15N5O2. The number of aryl methyl sites for hydroxylation is 1. The van der Waals surface area contributed by atoms with Crippen LogP contribution in [0.25, 0.3) is 6.08 Å². The van der Waals surface area contributed by atoms with E-state index in [1.54, 1.807) is 18.6 Å². The van der Waals surface area contributed by atoms with Crippen molar-refractivity contribution < 1.29 is 9.90 Å². The fourth-order valence-corrected chi connectivity index (χ4v) is 1.61. The summed E-state index contributed by atoms with van der Waals surface area (Å²) in [5.74, 6) is 0.465. The number of carbonyl (C=O) groups is 1. The average molecular weight is 273 g/mol. The van der Waals surface area contributed by atoms with Crippen molar-refractivity contribution in [1.29, 1.82) is 0 Å². The van der Waals surface area contributed by atoms with Crippen LogP contribution in [0.3, 0.4) is 0 Å². The molecule has 7 heteroatoms. The summed E-state index contributed by atoms with van der Waals surface area (Å²) in [6, 6.07) is 0. The Morgan fingerprint density at radius 3 is 2.65 bits per heavy atom. The van der Waals surface area contributed by atoms with E-state index in [4.69, 9.17) is 5.11 Å². The molecule has 0 radical (unpaired) electrons. The van der Waals surface area contributed by atoms with E-state index < -0.39 is 5.97 Å². The number of rotatable bonds is 5. The lowest BCUT2D eigenvalue weighted by molar-refractivity contribution is -0.131. The Bertz CT molecular complexity index is 618. The minimum absolute atomic E-state index is 0.556. The number of aliphatic carboxylic acids is 1. The van der Waals surface area contributed by atoms with Gasteiger partial charge in [0.1, 0.15) is 5.82 Å². The normalized spacial score (nSPS) is 10.9. The summed E-state index contributed by atoms with van der Waals surface area (Å²) < 4.78 is 1.93. The van der Waals surface area contributed by atoms with E-state index >= 15 is 0 Å². The van der Waals surface area contributed by atoms with Crippen molar-refractivity contribution in [3.8, 4) is 0 Å². The van der Waals surface area contributed by atoms with Crippen molar-refractivity contribution in [3.63, 3.8) is 0 Å². The number of hydrogen-bond donors (Lipinski definition) is 1. The van der Waals surface area contributed by atoms with Gasteiger partial charge in [-0.1, -0.05) is 0 Å². The van der Waals surface area contributed by atoms with Crippen LogP contribution in [0.5, 0.6) is 0 Å². The lowest BCUT2D eigenvalue weighted by atomic mass is 10.3. The second-order valence-corrected chi connectivity index (χ2v) is 4.30. The second kappa shape index (κ2) is 5.96. The first kappa shape index (κ1) is 13.7. The van der Waals surface area contributed by atoms with E-state index in [1.807, 2.05) is 29.8 Å². The summed E-state index contributed by atoms with van der Waals surface area (Å²) >= 11 is 0. The summed E-state index contributed by atoms with van der Waals surface area (Å²) in [5, 5.41) is 8.54. The maximum absolute atomic E-state index is 10.4. The Labute approximate surface area is 116 Å². The van der Waals surface area contributed by atoms with Gasteiger partial charge in [0.05, 0.1) is 6.54 Å². The molecule has 104 valence electrons. The zero-order valence-corrected chi connectivity index (χ0v) is 11.3. The molecule has 0 fully saturated rings. The summed E-state index contributed by atoms with van der Waals surface area (Å²) in [5.41, 5.74) is 0.640. The highest BCUT2D eigenvalue weighted by Gasteiger charge is 2.07. The quantitative estimate of drug-likeness (QED) is 0.816. The smallest absolute Gasteiger partial charge is 0.328 e. The molecule has 0 aliphatic heterocycles. The highest BCUT2D eigenvalue weighted by molar-refractivity contribution is 5.85. The van der Waals surface area contributed by atoms with E-state index in [9.17, 15) is 4.79 Å². The van der Waals surface area contributed by atoms with Crippen molar-refractivity contribution in [2.45, 2.75) is 6.54 Å². The van der Waals surface area contributed by atoms with Gasteiger partial charge in [-0.05, 0) is 6.08 Å². The van der Waals surface area contributed by atoms with Crippen LogP contribution in [0.15, 0.2) is 30.9 Å². The summed E-state index contributed by atoms with van der Waals surface area (Å²) in [6.45, 7) is 0.591. The number of hydrogen-bond acceptors (Lipinski definition) is 5. The zero-order valence-electron chi connectivity index (χ0n) is 11.3. The van der Waals surface area contributed by atoms with E-state index in [-0.39, 0.29) is 0 Å². The molecule has 0 aromatic carbocycles. The molecule has 0 spiro atoms. The molecular weight excluding hydrogens is 258 g/mol. The minimum Gasteiger partial charge on any atom is -0.478 e. The van der Waals surface area contributed by atoms with E-state index in [0.717, 1.165) is 11.9 Å². The molecule has 7 nitrogen and oxygen atoms in total. The molecule has 20 heavy (non-hydrogen) atoms. The van der Waals surface area contributed by atoms with Crippen molar-refractivity contribution in [2.75, 3.05) is 11.9 Å². The summed E-state index contributed by atoms with van der Waals surface area (Å²) in [7, 11) is 3.80. The third kappa shape index (κ3) is 3.41. The van der Waals surface area contributed by atoms with Crippen LogP contribution in [-0.2, 0) is 18.4 Å². The maximum atomic E-state index is 10.4. The number of carboxylic acid groups (broad SMARTS) is 1. The van der Waals surface area contributed by atoms with Gasteiger partial charge < -0.3 is 14.6 Å². The minimum atomic E-state index is -0.999. The Kier molecular flexibility index (Phi) is 4.09. The van der Waals surface area contributed by atoms with Crippen molar-refractivity contribution in [1.82, 2.24) is 19.5 Å². The van der Waals surface area contributed by atoms with Gasteiger partial charge in [0.2, 0.25) is 5.95 Å². The van der Waals surface area contributed by atoms with Crippen molar-refractivity contribution >= 4 is 18.0 Å². The second-order valence-electron chi connectivity index (χ2n) is 4.30. The van der Waals surface area contributed by atoms with Crippen LogP contribution in [0.4, 0.5) is 5.95 Å². The summed E-state index contributed by atoms with van der Waals surface area (Å²) in [4.78, 5) is 24.9. The average Bonchev–Trinajstić information content (AvgIpc) is 2.82. The van der Waals surface area contributed by atoms with Crippen molar-refractivity contribution in [2.24, 2.45) is 7.05 Å². The molecule has 2 rings (SSSR count). The number of carboxylic acids is 1. The van der Waals surface area contributed by atoms with Gasteiger partial charge in [-0.15, -0.1) is 0 Å². The van der Waals surface area contributed by atoms with Crippen LogP contribution in [-0.4, -0.2) is 37.6 Å². The van der Waals surface area contributed by atoms with Gasteiger partial charge >= 0.3 is 5.97 Å². The number of aromatic nitrogens is 4. The molecule has 1 N–H and O–H groups in total. The molecule has 0 aliphatic rings. The predicted octanol–water partition coefficient (Wildman–Crippen LogP) is 0.944. The molecule has 0 bridgehead atoms. The standard InChI is InChI=1S/C13H15N5O2/c1-17-6-5-14-11(17)9-18(2)13-15-7-10(8-16-13)3-4-12(19)20/h3-8H,9H2,1-2H3,(H,19,20)/b4-3+. The highest BCUT2D eigenvalue weighted by atomic mass is 16.4. The van der Waals surface area contributed by atoms with Crippen LogP contribution < -0.4 is 4.90 Å². The molecule has 0 amide bonds. The first-order valence-electron chi connectivity index (χ1n) is 5.96. The third-order valence-corrected chi connectivity index (χ3v) is 2.72. The number of anilines is 1. The highest BCUT2D eigenvalue weighted by Crippen LogP contribution is 2.09. The molecule has 0 saturated heterocycles. The number of imidazole rings is 1. The Balaban J connectivity index is 2.06. The van der Waals surface area contributed by atoms with Crippen LogP contribution in [0.2, 0.25) is 0 Å². The van der Waals surface area contributed by atoms with Gasteiger partial charge in [0, 0.05) is 50.5 Å². The fourth-order valence-electron chi connectivity index (χ4n) is 1.61. The lowest BCUT2D eigenvalue weighted by Gasteiger charge is -2.16. The largest absolute Gasteiger partial charge is 0.478 e. The van der Waals surface area contributed by atoms with Gasteiger partial charge in [-0.3, -0.25) is 0 Å². The topological polar surface area (TPSA) is 84.1 Å². The van der Waals surface area contributed by atoms with Gasteiger partial charge in [0.25, 0.3) is 0 Å². The zero-order chi connectivity index (χ0) is 14.5. The molecule has 0 unspecified atom stereocenters. The Hall–Kier alpha value is -2.70. The summed E-state index contributed by atoms with van der Waals surface area (Å²) in [6.07, 6.45) is 9.28. The van der Waals surface area contributed by atoms with Crippen LogP contribution in [0.1, 0.15) is 11.4 Å². The molecule has 0 aliphatic carbocycles. The van der Waals surface area contributed by atoms with Crippen LogP contribution >= 0.6 is 0 Å². The van der Waals surface area contributed by atoms with E-state index in [0.29, 0.717) is 18.1 Å². The van der Waals surface area contributed by atoms with Crippen molar-refractivity contribution in [3.05, 3.63) is 42.3 Å². The molecule has 0 saturated carbocycles. The van der Waals surface area contributed by atoms with Gasteiger partial charge in [-0.2, -0.15) is 0 Å². The first-order valence-corrected chi connectivity index (χ1v) is 5.96.